The molecule has 1 atom stereocenters. The van der Waals surface area contributed by atoms with Crippen LogP contribution >= 0.6 is 22.6 Å². The van der Waals surface area contributed by atoms with Crippen LogP contribution in [0.2, 0.25) is 0 Å². The van der Waals surface area contributed by atoms with Crippen molar-refractivity contribution in [3.63, 3.8) is 0 Å². The topological polar surface area (TPSA) is 35.5 Å². The summed E-state index contributed by atoms with van der Waals surface area (Å²) < 4.78 is 11.5. The lowest BCUT2D eigenvalue weighted by Gasteiger charge is -2.37. The number of hydrogen-bond donors (Lipinski definition) is 0. The first kappa shape index (κ1) is 17.6. The summed E-state index contributed by atoms with van der Waals surface area (Å²) in [6.07, 6.45) is 7.89. The van der Waals surface area contributed by atoms with Gasteiger partial charge in [-0.2, -0.15) is 0 Å². The summed E-state index contributed by atoms with van der Waals surface area (Å²) in [5.74, 6) is 1.26. The first-order valence-electron chi connectivity index (χ1n) is 8.23. The van der Waals surface area contributed by atoms with Crippen molar-refractivity contribution in [1.29, 1.82) is 0 Å². The predicted octanol–water partition coefficient (Wildman–Crippen LogP) is 5.30. The maximum Gasteiger partial charge on any atom is 0.324 e. The first-order valence-corrected chi connectivity index (χ1v) is 9.48. The lowest BCUT2D eigenvalue weighted by Crippen LogP contribution is -2.37. The summed E-state index contributed by atoms with van der Waals surface area (Å²) in [4.78, 5) is 11.8. The van der Waals surface area contributed by atoms with Gasteiger partial charge < -0.3 is 9.47 Å². The monoisotopic (exact) mass is 416 g/mol. The molecule has 0 aliphatic heterocycles. The lowest BCUT2D eigenvalue weighted by molar-refractivity contribution is -0.133. The summed E-state index contributed by atoms with van der Waals surface area (Å²) in [5.41, 5.74) is -0.00798. The van der Waals surface area contributed by atoms with Crippen LogP contribution in [-0.4, -0.2) is 15.5 Å². The highest BCUT2D eigenvalue weighted by molar-refractivity contribution is 14.1. The van der Waals surface area contributed by atoms with Gasteiger partial charge in [0.05, 0.1) is 0 Å². The van der Waals surface area contributed by atoms with Crippen LogP contribution in [0.5, 0.6) is 11.5 Å². The van der Waals surface area contributed by atoms with Crippen LogP contribution in [0.15, 0.2) is 24.3 Å². The number of esters is 1. The number of hydrogen-bond acceptors (Lipinski definition) is 3. The number of carbonyl (C=O) groups is 1. The van der Waals surface area contributed by atoms with Gasteiger partial charge in [0, 0.05) is 0 Å². The van der Waals surface area contributed by atoms with Crippen molar-refractivity contribution in [3.05, 3.63) is 24.3 Å². The predicted molar refractivity (Wildman–Crippen MR) is 96.9 cm³/mol. The van der Waals surface area contributed by atoms with Crippen LogP contribution in [0, 0.1) is 0 Å². The van der Waals surface area contributed by atoms with Gasteiger partial charge in [0.15, 0.2) is 0 Å². The zero-order valence-electron chi connectivity index (χ0n) is 13.4. The van der Waals surface area contributed by atoms with E-state index in [1.807, 2.05) is 31.2 Å². The number of carbonyl (C=O) groups excluding carboxylic acids is 1. The number of ether oxygens (including phenoxy) is 2. The van der Waals surface area contributed by atoms with Crippen molar-refractivity contribution in [2.75, 3.05) is 0 Å². The summed E-state index contributed by atoms with van der Waals surface area (Å²) in [6, 6.07) is 7.45. The minimum atomic E-state index is -0.186. The molecule has 122 valence electrons. The Bertz CT molecular complexity index is 478. The highest BCUT2D eigenvalue weighted by Gasteiger charge is 2.32. The Kier molecular flexibility index (Phi) is 6.53. The zero-order chi connectivity index (χ0) is 16.0. The van der Waals surface area contributed by atoms with Gasteiger partial charge in [0.25, 0.3) is 0 Å². The SMILES string of the molecule is CCC(I)C(=O)Oc1ccc(OC2(CC)CCCCC2)cc1. The molecule has 4 heteroatoms. The molecule has 1 aliphatic rings. The fraction of sp³-hybridized carbons (Fsp3) is 0.611. The second-order valence-electron chi connectivity index (χ2n) is 5.97. The highest BCUT2D eigenvalue weighted by atomic mass is 127. The normalized spacial score (nSPS) is 18.5. The molecule has 0 aromatic heterocycles. The number of benzene rings is 1. The Morgan fingerprint density at radius 3 is 2.27 bits per heavy atom. The molecule has 0 spiro atoms. The fourth-order valence-corrected chi connectivity index (χ4v) is 3.02. The summed E-state index contributed by atoms with van der Waals surface area (Å²) in [6.45, 7) is 4.18. The van der Waals surface area contributed by atoms with Crippen molar-refractivity contribution >= 4 is 28.6 Å². The van der Waals surface area contributed by atoms with E-state index in [2.05, 4.69) is 29.5 Å². The zero-order valence-corrected chi connectivity index (χ0v) is 15.6. The van der Waals surface area contributed by atoms with E-state index < -0.39 is 0 Å². The molecule has 2 rings (SSSR count). The van der Waals surface area contributed by atoms with Crippen molar-refractivity contribution in [2.24, 2.45) is 0 Å². The van der Waals surface area contributed by atoms with Gasteiger partial charge in [-0.05, 0) is 62.8 Å². The molecule has 1 saturated carbocycles. The molecule has 3 nitrogen and oxygen atoms in total. The molecule has 0 bridgehead atoms. The van der Waals surface area contributed by atoms with Crippen molar-refractivity contribution in [1.82, 2.24) is 0 Å². The summed E-state index contributed by atoms with van der Waals surface area (Å²) >= 11 is 2.11. The van der Waals surface area contributed by atoms with E-state index in [4.69, 9.17) is 9.47 Å². The van der Waals surface area contributed by atoms with Crippen LogP contribution < -0.4 is 9.47 Å². The smallest absolute Gasteiger partial charge is 0.324 e. The second kappa shape index (κ2) is 8.18. The second-order valence-corrected chi connectivity index (χ2v) is 7.47. The van der Waals surface area contributed by atoms with Gasteiger partial charge >= 0.3 is 5.97 Å². The molecule has 0 saturated heterocycles. The average molecular weight is 416 g/mol. The van der Waals surface area contributed by atoms with Crippen LogP contribution in [0.3, 0.4) is 0 Å². The van der Waals surface area contributed by atoms with E-state index in [1.165, 1.54) is 19.3 Å². The van der Waals surface area contributed by atoms with Crippen LogP contribution in [0.25, 0.3) is 0 Å². The molecule has 0 amide bonds. The van der Waals surface area contributed by atoms with Crippen LogP contribution in [0.1, 0.15) is 58.8 Å². The molecule has 1 aliphatic carbocycles. The molecule has 1 aromatic carbocycles. The van der Waals surface area contributed by atoms with E-state index in [-0.39, 0.29) is 15.5 Å². The largest absolute Gasteiger partial charge is 0.487 e. The van der Waals surface area contributed by atoms with E-state index in [1.54, 1.807) is 0 Å². The van der Waals surface area contributed by atoms with E-state index in [0.29, 0.717) is 5.75 Å². The first-order chi connectivity index (χ1) is 10.6. The molecule has 0 heterocycles. The van der Waals surface area contributed by atoms with E-state index in [9.17, 15) is 4.79 Å². The molecule has 22 heavy (non-hydrogen) atoms. The quantitative estimate of drug-likeness (QED) is 0.273. The minimum absolute atomic E-state index is 0.00798. The molecule has 1 fully saturated rings. The van der Waals surface area contributed by atoms with Gasteiger partial charge in [-0.15, -0.1) is 0 Å². The molecule has 0 N–H and O–H groups in total. The minimum Gasteiger partial charge on any atom is -0.487 e. The Hall–Kier alpha value is -0.780. The van der Waals surface area contributed by atoms with Crippen molar-refractivity contribution in [2.45, 2.75) is 68.3 Å². The molecular weight excluding hydrogens is 391 g/mol. The summed E-state index contributed by atoms with van der Waals surface area (Å²) in [7, 11) is 0. The number of alkyl halides is 1. The maximum absolute atomic E-state index is 11.8. The van der Waals surface area contributed by atoms with Gasteiger partial charge in [-0.1, -0.05) is 42.9 Å². The average Bonchev–Trinajstić information content (AvgIpc) is 2.56. The van der Waals surface area contributed by atoms with Gasteiger partial charge in [-0.3, -0.25) is 4.79 Å². The summed E-state index contributed by atoms with van der Waals surface area (Å²) in [5, 5.41) is 0. The van der Waals surface area contributed by atoms with E-state index in [0.717, 1.165) is 31.4 Å². The van der Waals surface area contributed by atoms with Crippen LogP contribution in [-0.2, 0) is 4.79 Å². The highest BCUT2D eigenvalue weighted by Crippen LogP contribution is 2.35. The van der Waals surface area contributed by atoms with Crippen molar-refractivity contribution in [3.8, 4) is 11.5 Å². The third-order valence-corrected chi connectivity index (χ3v) is 5.79. The van der Waals surface area contributed by atoms with E-state index >= 15 is 0 Å². The maximum atomic E-state index is 11.8. The van der Waals surface area contributed by atoms with Crippen molar-refractivity contribution < 1.29 is 14.3 Å². The Labute approximate surface area is 146 Å². The van der Waals surface area contributed by atoms with Gasteiger partial charge in [-0.25, -0.2) is 0 Å². The third kappa shape index (κ3) is 4.61. The molecule has 1 unspecified atom stereocenters. The van der Waals surface area contributed by atoms with Crippen LogP contribution in [0.4, 0.5) is 0 Å². The molecule has 0 radical (unpaired) electrons. The third-order valence-electron chi connectivity index (χ3n) is 4.40. The number of halogens is 1. The Morgan fingerprint density at radius 2 is 1.73 bits per heavy atom. The Morgan fingerprint density at radius 1 is 1.14 bits per heavy atom. The van der Waals surface area contributed by atoms with Gasteiger partial charge in [0.1, 0.15) is 21.0 Å². The van der Waals surface area contributed by atoms with Gasteiger partial charge in [0.2, 0.25) is 0 Å². The number of rotatable bonds is 6. The molecule has 1 aromatic rings. The standard InChI is InChI=1S/C18H25IO3/c1-3-16(19)17(20)21-14-8-10-15(11-9-14)22-18(4-2)12-6-5-7-13-18/h8-11,16H,3-7,12-13H2,1-2H3. The fourth-order valence-electron chi connectivity index (χ4n) is 2.90. The lowest BCUT2D eigenvalue weighted by atomic mass is 9.82. The molecular formula is C18H25IO3. The Balaban J connectivity index is 1.98.